The first-order valence-electron chi connectivity index (χ1n) is 10.8. The fourth-order valence-corrected chi connectivity index (χ4v) is 4.15. The molecule has 0 saturated carbocycles. The normalized spacial score (nSPS) is 15.1. The number of pyridine rings is 1. The SMILES string of the molecule is O=C(NCc1ccncc1)c1cccc(CN2CCC(Cc3ccccc3)CC2)c1. The monoisotopic (exact) mass is 399 g/mol. The Morgan fingerprint density at radius 2 is 1.63 bits per heavy atom. The molecule has 154 valence electrons. The van der Waals surface area contributed by atoms with Crippen LogP contribution in [0, 0.1) is 5.92 Å². The molecule has 4 nitrogen and oxygen atoms in total. The second kappa shape index (κ2) is 10.2. The van der Waals surface area contributed by atoms with Gasteiger partial charge in [0, 0.05) is 31.0 Å². The minimum Gasteiger partial charge on any atom is -0.348 e. The number of amides is 1. The molecule has 1 aromatic heterocycles. The number of nitrogens with zero attached hydrogens (tertiary/aromatic N) is 2. The minimum atomic E-state index is -0.0322. The number of carbonyl (C=O) groups is 1. The van der Waals surface area contributed by atoms with Crippen LogP contribution >= 0.6 is 0 Å². The van der Waals surface area contributed by atoms with Gasteiger partial charge in [0.2, 0.25) is 0 Å². The van der Waals surface area contributed by atoms with E-state index in [9.17, 15) is 4.79 Å². The molecule has 0 atom stereocenters. The van der Waals surface area contributed by atoms with Crippen molar-refractivity contribution in [3.05, 3.63) is 101 Å². The topological polar surface area (TPSA) is 45.2 Å². The maximum absolute atomic E-state index is 12.5. The number of benzene rings is 2. The molecule has 0 radical (unpaired) electrons. The summed E-state index contributed by atoms with van der Waals surface area (Å²) in [6, 6.07) is 22.7. The standard InChI is InChI=1S/C26H29N3O/c30-26(28-19-23-9-13-27-14-10-23)25-8-4-7-24(18-25)20-29-15-11-22(12-16-29)17-21-5-2-1-3-6-21/h1-10,13-14,18,22H,11-12,15-17,19-20H2,(H,28,30). The van der Waals surface area contributed by atoms with Crippen molar-refractivity contribution in [3.8, 4) is 0 Å². The van der Waals surface area contributed by atoms with E-state index >= 15 is 0 Å². The van der Waals surface area contributed by atoms with Crippen LogP contribution in [0.3, 0.4) is 0 Å². The molecule has 2 aromatic carbocycles. The first-order chi connectivity index (χ1) is 14.8. The highest BCUT2D eigenvalue weighted by Gasteiger charge is 2.19. The minimum absolute atomic E-state index is 0.0322. The third kappa shape index (κ3) is 5.77. The predicted octanol–water partition coefficient (Wildman–Crippen LogP) is 4.47. The summed E-state index contributed by atoms with van der Waals surface area (Å²) in [5.41, 5.74) is 4.42. The van der Waals surface area contributed by atoms with Gasteiger partial charge in [-0.05, 0) is 79.2 Å². The summed E-state index contributed by atoms with van der Waals surface area (Å²) in [6.45, 7) is 3.66. The van der Waals surface area contributed by atoms with Gasteiger partial charge < -0.3 is 5.32 Å². The Hall–Kier alpha value is -2.98. The Balaban J connectivity index is 1.27. The van der Waals surface area contributed by atoms with Crippen LogP contribution in [-0.2, 0) is 19.5 Å². The predicted molar refractivity (Wildman–Crippen MR) is 120 cm³/mol. The number of nitrogens with one attached hydrogen (secondary N) is 1. The van der Waals surface area contributed by atoms with E-state index in [1.54, 1.807) is 12.4 Å². The van der Waals surface area contributed by atoms with Crippen molar-refractivity contribution in [1.29, 1.82) is 0 Å². The summed E-state index contributed by atoms with van der Waals surface area (Å²) in [4.78, 5) is 19.1. The Bertz CT molecular complexity index is 935. The van der Waals surface area contributed by atoms with Gasteiger partial charge in [-0.1, -0.05) is 42.5 Å². The fraction of sp³-hybridized carbons (Fsp3) is 0.308. The first-order valence-corrected chi connectivity index (χ1v) is 10.8. The fourth-order valence-electron chi connectivity index (χ4n) is 4.15. The van der Waals surface area contributed by atoms with E-state index < -0.39 is 0 Å². The lowest BCUT2D eigenvalue weighted by molar-refractivity contribution is 0.0950. The number of hydrogen-bond acceptors (Lipinski definition) is 3. The van der Waals surface area contributed by atoms with Gasteiger partial charge >= 0.3 is 0 Å². The van der Waals surface area contributed by atoms with E-state index in [-0.39, 0.29) is 5.91 Å². The van der Waals surface area contributed by atoms with Crippen LogP contribution in [0.2, 0.25) is 0 Å². The Morgan fingerprint density at radius 3 is 2.40 bits per heavy atom. The maximum Gasteiger partial charge on any atom is 0.251 e. The van der Waals surface area contributed by atoms with Crippen molar-refractivity contribution in [3.63, 3.8) is 0 Å². The van der Waals surface area contributed by atoms with Gasteiger partial charge in [0.05, 0.1) is 0 Å². The van der Waals surface area contributed by atoms with Crippen molar-refractivity contribution >= 4 is 5.91 Å². The number of hydrogen-bond donors (Lipinski definition) is 1. The highest BCUT2D eigenvalue weighted by Crippen LogP contribution is 2.23. The molecule has 1 aliphatic rings. The summed E-state index contributed by atoms with van der Waals surface area (Å²) in [6.07, 6.45) is 7.14. The van der Waals surface area contributed by atoms with Crippen LogP contribution in [0.15, 0.2) is 79.1 Å². The van der Waals surface area contributed by atoms with E-state index in [0.717, 1.165) is 36.7 Å². The van der Waals surface area contributed by atoms with Gasteiger partial charge in [0.25, 0.3) is 5.91 Å². The van der Waals surface area contributed by atoms with Gasteiger partial charge in [0.1, 0.15) is 0 Å². The maximum atomic E-state index is 12.5. The molecular weight excluding hydrogens is 370 g/mol. The van der Waals surface area contributed by atoms with Crippen LogP contribution in [0.4, 0.5) is 0 Å². The molecule has 1 amide bonds. The largest absolute Gasteiger partial charge is 0.348 e. The molecule has 0 aliphatic carbocycles. The molecule has 1 N–H and O–H groups in total. The average Bonchev–Trinajstić information content (AvgIpc) is 2.80. The van der Waals surface area contributed by atoms with E-state index in [2.05, 4.69) is 51.6 Å². The zero-order chi connectivity index (χ0) is 20.6. The molecular formula is C26H29N3O. The van der Waals surface area contributed by atoms with Gasteiger partial charge in [-0.15, -0.1) is 0 Å². The number of piperidine rings is 1. The van der Waals surface area contributed by atoms with Crippen LogP contribution in [0.1, 0.15) is 39.9 Å². The van der Waals surface area contributed by atoms with Crippen molar-refractivity contribution in [2.24, 2.45) is 5.92 Å². The van der Waals surface area contributed by atoms with Gasteiger partial charge in [-0.2, -0.15) is 0 Å². The average molecular weight is 400 g/mol. The molecule has 0 unspecified atom stereocenters. The van der Waals surface area contributed by atoms with Crippen molar-refractivity contribution in [2.45, 2.75) is 32.4 Å². The highest BCUT2D eigenvalue weighted by molar-refractivity contribution is 5.94. The van der Waals surface area contributed by atoms with Gasteiger partial charge in [0.15, 0.2) is 0 Å². The van der Waals surface area contributed by atoms with E-state index in [4.69, 9.17) is 0 Å². The second-order valence-electron chi connectivity index (χ2n) is 8.15. The molecule has 4 heteroatoms. The van der Waals surface area contributed by atoms with Crippen LogP contribution < -0.4 is 5.32 Å². The first kappa shape index (κ1) is 20.3. The number of aromatic nitrogens is 1. The highest BCUT2D eigenvalue weighted by atomic mass is 16.1. The lowest BCUT2D eigenvalue weighted by Crippen LogP contribution is -2.34. The number of rotatable bonds is 7. The Labute approximate surface area is 179 Å². The molecule has 4 rings (SSSR count). The zero-order valence-electron chi connectivity index (χ0n) is 17.3. The molecule has 0 bridgehead atoms. The third-order valence-electron chi connectivity index (χ3n) is 5.87. The summed E-state index contributed by atoms with van der Waals surface area (Å²) < 4.78 is 0. The smallest absolute Gasteiger partial charge is 0.251 e. The second-order valence-corrected chi connectivity index (χ2v) is 8.15. The molecule has 1 saturated heterocycles. The quantitative estimate of drug-likeness (QED) is 0.638. The molecule has 1 aliphatic heterocycles. The Kier molecular flexibility index (Phi) is 6.88. The van der Waals surface area contributed by atoms with Gasteiger partial charge in [-0.3, -0.25) is 14.7 Å². The summed E-state index contributed by atoms with van der Waals surface area (Å²) >= 11 is 0. The molecule has 30 heavy (non-hydrogen) atoms. The van der Waals surface area contributed by atoms with Crippen molar-refractivity contribution in [2.75, 3.05) is 13.1 Å². The number of carbonyl (C=O) groups excluding carboxylic acids is 1. The van der Waals surface area contributed by atoms with Crippen LogP contribution in [0.5, 0.6) is 0 Å². The molecule has 1 fully saturated rings. The lowest BCUT2D eigenvalue weighted by atomic mass is 9.90. The summed E-state index contributed by atoms with van der Waals surface area (Å²) in [5.74, 6) is 0.740. The summed E-state index contributed by atoms with van der Waals surface area (Å²) in [7, 11) is 0. The lowest BCUT2D eigenvalue weighted by Gasteiger charge is -2.32. The van der Waals surface area contributed by atoms with E-state index in [1.165, 1.54) is 30.4 Å². The Morgan fingerprint density at radius 1 is 0.900 bits per heavy atom. The van der Waals surface area contributed by atoms with Crippen molar-refractivity contribution < 1.29 is 4.79 Å². The molecule has 3 aromatic rings. The zero-order valence-corrected chi connectivity index (χ0v) is 17.3. The van der Waals surface area contributed by atoms with Crippen molar-refractivity contribution in [1.82, 2.24) is 15.2 Å². The molecule has 0 spiro atoms. The van der Waals surface area contributed by atoms with Crippen LogP contribution in [0.25, 0.3) is 0 Å². The molecule has 2 heterocycles. The summed E-state index contributed by atoms with van der Waals surface area (Å²) in [5, 5.41) is 2.99. The van der Waals surface area contributed by atoms with Gasteiger partial charge in [-0.25, -0.2) is 0 Å². The van der Waals surface area contributed by atoms with E-state index in [1.807, 2.05) is 30.3 Å². The van der Waals surface area contributed by atoms with E-state index in [0.29, 0.717) is 6.54 Å². The third-order valence-corrected chi connectivity index (χ3v) is 5.87. The van der Waals surface area contributed by atoms with Crippen LogP contribution in [-0.4, -0.2) is 28.9 Å². The number of likely N-dealkylation sites (tertiary alicyclic amines) is 1.